The average Bonchev–Trinajstić information content (AvgIpc) is 2.48. The van der Waals surface area contributed by atoms with Crippen LogP contribution in [0.5, 0.6) is 0 Å². The van der Waals surface area contributed by atoms with Gasteiger partial charge in [-0.3, -0.25) is 9.59 Å². The van der Waals surface area contributed by atoms with E-state index in [1.807, 2.05) is 13.8 Å². The minimum atomic E-state index is -0.944. The van der Waals surface area contributed by atoms with E-state index >= 15 is 0 Å². The predicted octanol–water partition coefficient (Wildman–Crippen LogP) is 2.32. The van der Waals surface area contributed by atoms with Crippen LogP contribution in [-0.2, 0) is 23.8 Å². The summed E-state index contributed by atoms with van der Waals surface area (Å²) in [6, 6.07) is -0.944. The van der Waals surface area contributed by atoms with E-state index in [2.05, 4.69) is 13.8 Å². The zero-order chi connectivity index (χ0) is 20.3. The number of ether oxygens (including phenoxy) is 3. The van der Waals surface area contributed by atoms with E-state index in [9.17, 15) is 9.59 Å². The number of carbonyl (C=O) groups excluding carboxylic acids is 2. The molecular formula is C19H38N2O5. The molecule has 154 valence electrons. The molecule has 0 rings (SSSR count). The first-order chi connectivity index (χ1) is 12.0. The molecule has 1 atom stereocenters. The van der Waals surface area contributed by atoms with E-state index in [0.29, 0.717) is 25.7 Å². The predicted molar refractivity (Wildman–Crippen MR) is 102 cm³/mol. The Hall–Kier alpha value is -1.18. The summed E-state index contributed by atoms with van der Waals surface area (Å²) in [6.45, 7) is 15.1. The lowest BCUT2D eigenvalue weighted by atomic mass is 10.1. The van der Waals surface area contributed by atoms with Crippen molar-refractivity contribution in [3.05, 3.63) is 0 Å². The smallest absolute Gasteiger partial charge is 0.308 e. The molecule has 0 aliphatic heterocycles. The molecule has 0 aliphatic rings. The molecule has 0 heterocycles. The zero-order valence-corrected chi connectivity index (χ0v) is 17.5. The van der Waals surface area contributed by atoms with E-state index in [1.165, 1.54) is 0 Å². The van der Waals surface area contributed by atoms with Gasteiger partial charge < -0.3 is 24.8 Å². The lowest BCUT2D eigenvalue weighted by molar-refractivity contribution is -0.162. The van der Waals surface area contributed by atoms with Gasteiger partial charge in [0.2, 0.25) is 5.91 Å². The molecule has 0 bridgehead atoms. The first-order valence-electron chi connectivity index (χ1n) is 9.49. The fraction of sp³-hybridized carbons (Fsp3) is 0.895. The molecule has 0 radical (unpaired) electrons. The van der Waals surface area contributed by atoms with Crippen LogP contribution in [-0.4, -0.2) is 61.0 Å². The Bertz CT molecular complexity index is 415. The number of nitrogens with two attached hydrogens (primary N) is 1. The Labute approximate surface area is 158 Å². The normalized spacial score (nSPS) is 13.2. The third-order valence-corrected chi connectivity index (χ3v) is 3.49. The highest BCUT2D eigenvalue weighted by Crippen LogP contribution is 2.12. The topological polar surface area (TPSA) is 91.1 Å². The van der Waals surface area contributed by atoms with Crippen LogP contribution in [0.25, 0.3) is 0 Å². The van der Waals surface area contributed by atoms with Crippen molar-refractivity contribution in [2.45, 2.75) is 79.2 Å². The fourth-order valence-corrected chi connectivity index (χ4v) is 2.30. The van der Waals surface area contributed by atoms with E-state index in [4.69, 9.17) is 19.9 Å². The third kappa shape index (κ3) is 11.4. The number of nitrogens with zero attached hydrogens (tertiary/aromatic N) is 1. The summed E-state index contributed by atoms with van der Waals surface area (Å²) in [5, 5.41) is 0. The number of hydrogen-bond donors (Lipinski definition) is 1. The van der Waals surface area contributed by atoms with E-state index < -0.39 is 23.9 Å². The second-order valence-corrected chi connectivity index (χ2v) is 7.70. The second kappa shape index (κ2) is 12.3. The molecule has 7 nitrogen and oxygen atoms in total. The highest BCUT2D eigenvalue weighted by atomic mass is 16.7. The summed E-state index contributed by atoms with van der Waals surface area (Å²) < 4.78 is 16.4. The Morgan fingerprint density at radius 2 is 1.62 bits per heavy atom. The minimum absolute atomic E-state index is 0.151. The largest absolute Gasteiger partial charge is 0.460 e. The highest BCUT2D eigenvalue weighted by Gasteiger charge is 2.28. The van der Waals surface area contributed by atoms with Gasteiger partial charge in [0.15, 0.2) is 6.29 Å². The molecule has 0 aromatic rings. The molecular weight excluding hydrogens is 336 g/mol. The highest BCUT2D eigenvalue weighted by molar-refractivity contribution is 5.86. The summed E-state index contributed by atoms with van der Waals surface area (Å²) in [4.78, 5) is 26.4. The maximum atomic E-state index is 12.8. The van der Waals surface area contributed by atoms with Crippen molar-refractivity contribution in [3.8, 4) is 0 Å². The fourth-order valence-electron chi connectivity index (χ4n) is 2.30. The van der Waals surface area contributed by atoms with Crippen molar-refractivity contribution >= 4 is 11.9 Å². The summed E-state index contributed by atoms with van der Waals surface area (Å²) >= 11 is 0. The first-order valence-corrected chi connectivity index (χ1v) is 9.49. The Kier molecular flexibility index (Phi) is 11.7. The second-order valence-electron chi connectivity index (χ2n) is 7.70. The van der Waals surface area contributed by atoms with E-state index in [1.54, 1.807) is 25.7 Å². The molecule has 7 heteroatoms. The van der Waals surface area contributed by atoms with Crippen molar-refractivity contribution in [2.24, 2.45) is 11.7 Å². The van der Waals surface area contributed by atoms with Gasteiger partial charge in [0, 0.05) is 19.8 Å². The summed E-state index contributed by atoms with van der Waals surface area (Å²) in [5.74, 6) is -0.334. The van der Waals surface area contributed by atoms with Gasteiger partial charge in [-0.25, -0.2) is 0 Å². The Balaban J connectivity index is 4.97. The lowest BCUT2D eigenvalue weighted by Crippen LogP contribution is -2.49. The Morgan fingerprint density at radius 3 is 2.04 bits per heavy atom. The molecule has 0 aliphatic carbocycles. The van der Waals surface area contributed by atoms with Gasteiger partial charge in [-0.05, 0) is 47.0 Å². The van der Waals surface area contributed by atoms with Crippen LogP contribution in [0.4, 0.5) is 0 Å². The minimum Gasteiger partial charge on any atom is -0.460 e. The molecule has 26 heavy (non-hydrogen) atoms. The van der Waals surface area contributed by atoms with Gasteiger partial charge in [0.1, 0.15) is 5.60 Å². The monoisotopic (exact) mass is 374 g/mol. The molecule has 0 aromatic heterocycles. The molecule has 0 aromatic carbocycles. The number of carbonyl (C=O) groups is 2. The van der Waals surface area contributed by atoms with Gasteiger partial charge in [0.05, 0.1) is 19.0 Å². The van der Waals surface area contributed by atoms with Crippen LogP contribution >= 0.6 is 0 Å². The van der Waals surface area contributed by atoms with Crippen LogP contribution in [0.2, 0.25) is 0 Å². The van der Waals surface area contributed by atoms with Crippen molar-refractivity contribution < 1.29 is 23.8 Å². The van der Waals surface area contributed by atoms with Crippen molar-refractivity contribution in [1.29, 1.82) is 0 Å². The van der Waals surface area contributed by atoms with Crippen LogP contribution in [0.3, 0.4) is 0 Å². The lowest BCUT2D eigenvalue weighted by Gasteiger charge is -2.30. The molecule has 0 spiro atoms. The molecule has 0 saturated heterocycles. The van der Waals surface area contributed by atoms with Crippen molar-refractivity contribution in [1.82, 2.24) is 4.90 Å². The van der Waals surface area contributed by atoms with E-state index in [0.717, 1.165) is 6.42 Å². The molecule has 0 saturated carbocycles. The van der Waals surface area contributed by atoms with Crippen molar-refractivity contribution in [2.75, 3.05) is 26.3 Å². The van der Waals surface area contributed by atoms with Gasteiger partial charge >= 0.3 is 5.97 Å². The SMILES string of the molecule is CCOC(CN(CCC(C)C)C(=O)[C@@H](N)CC(=O)OC(C)(C)C)OCC. The zero-order valence-electron chi connectivity index (χ0n) is 17.5. The van der Waals surface area contributed by atoms with Gasteiger partial charge in [0.25, 0.3) is 0 Å². The van der Waals surface area contributed by atoms with Gasteiger partial charge in [-0.2, -0.15) is 0 Å². The Morgan fingerprint density at radius 1 is 1.08 bits per heavy atom. The summed E-state index contributed by atoms with van der Waals surface area (Å²) in [5.41, 5.74) is 5.39. The summed E-state index contributed by atoms with van der Waals surface area (Å²) in [6.07, 6.45) is 0.174. The standard InChI is InChI=1S/C19H38N2O5/c1-8-24-17(25-9-2)13-21(11-10-14(3)4)18(23)15(20)12-16(22)26-19(5,6)7/h14-15,17H,8-13,20H2,1-7H3/t15-/m0/s1. The molecule has 2 N–H and O–H groups in total. The van der Waals surface area contributed by atoms with Crippen LogP contribution in [0.15, 0.2) is 0 Å². The number of rotatable bonds is 12. The number of esters is 1. The molecule has 0 unspecified atom stereocenters. The summed E-state index contributed by atoms with van der Waals surface area (Å²) in [7, 11) is 0. The third-order valence-electron chi connectivity index (χ3n) is 3.49. The van der Waals surface area contributed by atoms with E-state index in [-0.39, 0.29) is 18.9 Å². The molecule has 1 amide bonds. The van der Waals surface area contributed by atoms with Crippen LogP contribution in [0, 0.1) is 5.92 Å². The average molecular weight is 375 g/mol. The van der Waals surface area contributed by atoms with Crippen LogP contribution < -0.4 is 5.73 Å². The molecule has 0 fully saturated rings. The van der Waals surface area contributed by atoms with Gasteiger partial charge in [-0.15, -0.1) is 0 Å². The first kappa shape index (κ1) is 24.8. The maximum absolute atomic E-state index is 12.8. The van der Waals surface area contributed by atoms with Crippen molar-refractivity contribution in [3.63, 3.8) is 0 Å². The quantitative estimate of drug-likeness (QED) is 0.416. The maximum Gasteiger partial charge on any atom is 0.308 e. The number of amides is 1. The van der Waals surface area contributed by atoms with Gasteiger partial charge in [-0.1, -0.05) is 13.8 Å². The number of hydrogen-bond acceptors (Lipinski definition) is 6. The van der Waals surface area contributed by atoms with Crippen LogP contribution in [0.1, 0.15) is 61.3 Å².